The van der Waals surface area contributed by atoms with Gasteiger partial charge in [0.25, 0.3) is 0 Å². The molecule has 0 atom stereocenters. The van der Waals surface area contributed by atoms with Crippen molar-refractivity contribution >= 4 is 8.25 Å². The van der Waals surface area contributed by atoms with Crippen LogP contribution in [0.2, 0.25) is 0 Å². The number of hydrogen-bond acceptors (Lipinski definition) is 3. The Morgan fingerprint density at radius 3 is 1.38 bits per heavy atom. The average Bonchev–Trinajstić information content (AvgIpc) is 2.45. The third-order valence-corrected chi connectivity index (χ3v) is 4.18. The summed E-state index contributed by atoms with van der Waals surface area (Å²) < 4.78 is 21.8. The Morgan fingerprint density at radius 1 is 0.667 bits per heavy atom. The van der Waals surface area contributed by atoms with Crippen LogP contribution in [0.3, 0.4) is 0 Å². The fraction of sp³-hybridized carbons (Fsp3) is 1.00. The molecule has 0 aliphatic heterocycles. The van der Waals surface area contributed by atoms with E-state index in [0.717, 1.165) is 12.8 Å². The largest absolute Gasteiger partial charge is 1.00 e. The molecule has 5 heteroatoms. The first kappa shape index (κ1) is 24.3. The van der Waals surface area contributed by atoms with Crippen LogP contribution in [0.25, 0.3) is 0 Å². The van der Waals surface area contributed by atoms with Gasteiger partial charge in [-0.2, -0.15) is 0 Å². The fourth-order valence-electron chi connectivity index (χ4n) is 2.08. The van der Waals surface area contributed by atoms with Crippen molar-refractivity contribution in [2.45, 2.75) is 90.9 Å². The van der Waals surface area contributed by atoms with E-state index in [1.54, 1.807) is 0 Å². The molecule has 0 aromatic heterocycles. The molecule has 0 heterocycles. The summed E-state index contributed by atoms with van der Waals surface area (Å²) in [6, 6.07) is 0. The van der Waals surface area contributed by atoms with Gasteiger partial charge in [0.05, 0.1) is 0 Å². The van der Waals surface area contributed by atoms with Gasteiger partial charge in [-0.1, -0.05) is 78.1 Å². The minimum atomic E-state index is -1.89. The molecule has 0 fully saturated rings. The second-order valence-corrected chi connectivity index (χ2v) is 6.39. The Kier molecular flexibility index (Phi) is 24.3. The molecule has 0 aliphatic rings. The first-order valence-corrected chi connectivity index (χ1v) is 9.63. The standard InChI is InChI=1S/C16H34O3P.Na.H/c1-3-5-7-9-11-13-15-18-20(17)19-16-14-12-10-8-6-4-2;;/h3-16H2,1-2H3;;/q2*+1;-1. The molecule has 0 N–H and O–H groups in total. The van der Waals surface area contributed by atoms with Crippen LogP contribution in [-0.4, -0.2) is 13.2 Å². The van der Waals surface area contributed by atoms with Crippen LogP contribution < -0.4 is 29.6 Å². The van der Waals surface area contributed by atoms with Gasteiger partial charge in [0.1, 0.15) is 13.2 Å². The maximum atomic E-state index is 11.4. The number of rotatable bonds is 16. The molecule has 0 spiro atoms. The summed E-state index contributed by atoms with van der Waals surface area (Å²) in [5, 5.41) is 0. The van der Waals surface area contributed by atoms with Crippen LogP contribution in [0.1, 0.15) is 92.3 Å². The molecule has 122 valence electrons. The molecule has 3 nitrogen and oxygen atoms in total. The monoisotopic (exact) mass is 329 g/mol. The van der Waals surface area contributed by atoms with E-state index in [2.05, 4.69) is 13.8 Å². The van der Waals surface area contributed by atoms with Gasteiger partial charge in [-0.15, -0.1) is 9.05 Å². The molecule has 0 bridgehead atoms. The van der Waals surface area contributed by atoms with E-state index in [4.69, 9.17) is 9.05 Å². The Balaban J connectivity index is -0.00000180. The molecule has 0 unspecified atom stereocenters. The van der Waals surface area contributed by atoms with Gasteiger partial charge in [0.15, 0.2) is 0 Å². The van der Waals surface area contributed by atoms with Crippen molar-refractivity contribution in [3.8, 4) is 0 Å². The third kappa shape index (κ3) is 21.0. The number of unbranched alkanes of at least 4 members (excludes halogenated alkanes) is 10. The second-order valence-electron chi connectivity index (χ2n) is 5.43. The van der Waals surface area contributed by atoms with Crippen molar-refractivity contribution < 1.29 is 44.6 Å². The maximum Gasteiger partial charge on any atom is 1.00 e. The molecule has 0 rings (SSSR count). The van der Waals surface area contributed by atoms with Gasteiger partial charge in [-0.25, -0.2) is 0 Å². The maximum absolute atomic E-state index is 11.4. The summed E-state index contributed by atoms with van der Waals surface area (Å²) in [6.07, 6.45) is 14.6. The van der Waals surface area contributed by atoms with Crippen molar-refractivity contribution in [1.82, 2.24) is 0 Å². The van der Waals surface area contributed by atoms with Crippen LogP contribution in [0.15, 0.2) is 0 Å². The Hall–Kier alpha value is 1.02. The van der Waals surface area contributed by atoms with Crippen LogP contribution in [-0.2, 0) is 13.6 Å². The molecule has 0 saturated heterocycles. The van der Waals surface area contributed by atoms with Crippen molar-refractivity contribution in [2.75, 3.05) is 13.2 Å². The average molecular weight is 329 g/mol. The molecule has 0 aliphatic carbocycles. The minimum Gasteiger partial charge on any atom is -1.00 e. The van der Waals surface area contributed by atoms with Gasteiger partial charge in [-0.3, -0.25) is 0 Å². The summed E-state index contributed by atoms with van der Waals surface area (Å²) >= 11 is 0. The zero-order valence-electron chi connectivity index (χ0n) is 15.6. The van der Waals surface area contributed by atoms with Gasteiger partial charge in [-0.05, 0) is 12.8 Å². The van der Waals surface area contributed by atoms with Crippen LogP contribution in [0.5, 0.6) is 0 Å². The van der Waals surface area contributed by atoms with E-state index >= 15 is 0 Å². The topological polar surface area (TPSA) is 35.5 Å². The first-order chi connectivity index (χ1) is 9.81. The summed E-state index contributed by atoms with van der Waals surface area (Å²) in [6.45, 7) is 5.57. The van der Waals surface area contributed by atoms with Crippen LogP contribution >= 0.6 is 8.25 Å². The molecule has 0 amide bonds. The summed E-state index contributed by atoms with van der Waals surface area (Å²) in [7, 11) is -1.89. The molecule has 0 saturated carbocycles. The van der Waals surface area contributed by atoms with E-state index in [-0.39, 0.29) is 31.0 Å². The molecule has 0 aromatic carbocycles. The van der Waals surface area contributed by atoms with E-state index in [1.807, 2.05) is 0 Å². The minimum absolute atomic E-state index is 0. The van der Waals surface area contributed by atoms with Gasteiger partial charge in [0, 0.05) is 4.57 Å². The van der Waals surface area contributed by atoms with Gasteiger partial charge in [0.2, 0.25) is 0 Å². The van der Waals surface area contributed by atoms with Crippen molar-refractivity contribution in [2.24, 2.45) is 0 Å². The van der Waals surface area contributed by atoms with Crippen molar-refractivity contribution in [1.29, 1.82) is 0 Å². The predicted octanol–water partition coefficient (Wildman–Crippen LogP) is 3.51. The second kappa shape index (κ2) is 21.0. The molecular weight excluding hydrogens is 294 g/mol. The molecule has 21 heavy (non-hydrogen) atoms. The quantitative estimate of drug-likeness (QED) is 0.247. The van der Waals surface area contributed by atoms with Crippen LogP contribution in [0.4, 0.5) is 0 Å². The zero-order valence-corrected chi connectivity index (χ0v) is 17.5. The fourth-order valence-corrected chi connectivity index (χ4v) is 2.71. The molecule has 0 aromatic rings. The Labute approximate surface area is 156 Å². The van der Waals surface area contributed by atoms with E-state index in [1.165, 1.54) is 64.2 Å². The van der Waals surface area contributed by atoms with Crippen LogP contribution in [0, 0.1) is 0 Å². The Morgan fingerprint density at radius 2 is 1.00 bits per heavy atom. The van der Waals surface area contributed by atoms with Crippen molar-refractivity contribution in [3.05, 3.63) is 0 Å². The summed E-state index contributed by atoms with van der Waals surface area (Å²) in [5.41, 5.74) is 0. The zero-order chi connectivity index (χ0) is 14.9. The Bertz CT molecular complexity index is 202. The third-order valence-electron chi connectivity index (χ3n) is 3.39. The van der Waals surface area contributed by atoms with Crippen molar-refractivity contribution in [3.63, 3.8) is 0 Å². The molecular formula is C16H35NaO3P+. The molecule has 0 radical (unpaired) electrons. The van der Waals surface area contributed by atoms with Gasteiger partial charge < -0.3 is 1.43 Å². The van der Waals surface area contributed by atoms with E-state index in [0.29, 0.717) is 13.2 Å². The number of hydrogen-bond donors (Lipinski definition) is 0. The van der Waals surface area contributed by atoms with E-state index < -0.39 is 8.25 Å². The predicted molar refractivity (Wildman–Crippen MR) is 87.4 cm³/mol. The normalized spacial score (nSPS) is 10.4. The van der Waals surface area contributed by atoms with E-state index in [9.17, 15) is 4.57 Å². The summed E-state index contributed by atoms with van der Waals surface area (Å²) in [4.78, 5) is 0. The SMILES string of the molecule is CCCCCCCCO[P+](=O)OCCCCCCCC.[H-].[Na+]. The van der Waals surface area contributed by atoms with Gasteiger partial charge >= 0.3 is 37.8 Å². The first-order valence-electron chi connectivity index (χ1n) is 8.54. The smallest absolute Gasteiger partial charge is 1.00 e. The summed E-state index contributed by atoms with van der Waals surface area (Å²) in [5.74, 6) is 0.